The summed E-state index contributed by atoms with van der Waals surface area (Å²) in [6.07, 6.45) is 0. The number of imide groups is 1. The molecule has 0 aliphatic carbocycles. The van der Waals surface area contributed by atoms with E-state index < -0.39 is 0 Å². The van der Waals surface area contributed by atoms with Gasteiger partial charge in [-0.3, -0.25) is 19.4 Å². The lowest BCUT2D eigenvalue weighted by atomic mass is 10.1. The average molecular weight is 376 g/mol. The Labute approximate surface area is 158 Å². The van der Waals surface area contributed by atoms with Crippen LogP contribution in [0.1, 0.15) is 12.5 Å². The summed E-state index contributed by atoms with van der Waals surface area (Å²) in [6, 6.07) is 7.35. The molecular formula is C19H24N2O4S. The number of hydrogen-bond acceptors (Lipinski definition) is 6. The van der Waals surface area contributed by atoms with Crippen molar-refractivity contribution in [1.29, 1.82) is 0 Å². The molecule has 0 N–H and O–H groups in total. The van der Waals surface area contributed by atoms with E-state index in [0.717, 1.165) is 18.8 Å². The standard InChI is InChI=1S/C19H24N2O4S/c1-3-26-17-16(14-6-4-5-7-15(14)24-2)18(22)21(19(17)23)9-8-20-10-12-25-13-11-20/h4-7H,3,8-13H2,1-2H3. The molecule has 0 bridgehead atoms. The maximum absolute atomic E-state index is 13.1. The fourth-order valence-corrected chi connectivity index (χ4v) is 4.05. The van der Waals surface area contributed by atoms with Crippen molar-refractivity contribution in [2.24, 2.45) is 0 Å². The van der Waals surface area contributed by atoms with Gasteiger partial charge in [0.25, 0.3) is 11.8 Å². The second-order valence-electron chi connectivity index (χ2n) is 6.05. The number of nitrogens with zero attached hydrogens (tertiary/aromatic N) is 2. The molecule has 1 aromatic carbocycles. The summed E-state index contributed by atoms with van der Waals surface area (Å²) >= 11 is 1.42. The molecule has 6 nitrogen and oxygen atoms in total. The predicted molar refractivity (Wildman–Crippen MR) is 102 cm³/mol. The minimum atomic E-state index is -0.233. The molecule has 3 rings (SSSR count). The number of ether oxygens (including phenoxy) is 2. The van der Waals surface area contributed by atoms with Crippen LogP contribution in [-0.2, 0) is 14.3 Å². The Bertz CT molecular complexity index is 713. The highest BCUT2D eigenvalue weighted by atomic mass is 32.2. The number of methoxy groups -OCH3 is 1. The lowest BCUT2D eigenvalue weighted by Gasteiger charge is -2.28. The van der Waals surface area contributed by atoms with Gasteiger partial charge in [0.2, 0.25) is 0 Å². The third kappa shape index (κ3) is 3.79. The van der Waals surface area contributed by atoms with Crippen LogP contribution in [0, 0.1) is 0 Å². The van der Waals surface area contributed by atoms with Crippen LogP contribution >= 0.6 is 11.8 Å². The zero-order chi connectivity index (χ0) is 18.5. The van der Waals surface area contributed by atoms with Crippen molar-refractivity contribution >= 4 is 29.1 Å². The van der Waals surface area contributed by atoms with Gasteiger partial charge in [0.05, 0.1) is 30.8 Å². The number of thioether (sulfide) groups is 1. The highest BCUT2D eigenvalue weighted by Crippen LogP contribution is 2.39. The van der Waals surface area contributed by atoms with Gasteiger partial charge in [-0.2, -0.15) is 0 Å². The van der Waals surface area contributed by atoms with E-state index in [4.69, 9.17) is 9.47 Å². The molecule has 1 aromatic rings. The van der Waals surface area contributed by atoms with Gasteiger partial charge in [-0.1, -0.05) is 25.1 Å². The Morgan fingerprint density at radius 2 is 1.85 bits per heavy atom. The van der Waals surface area contributed by atoms with Crippen LogP contribution in [0.3, 0.4) is 0 Å². The third-order valence-corrected chi connectivity index (χ3v) is 5.49. The molecule has 2 aliphatic rings. The van der Waals surface area contributed by atoms with Gasteiger partial charge in [0, 0.05) is 31.7 Å². The number of benzene rings is 1. The average Bonchev–Trinajstić information content (AvgIpc) is 2.91. The molecule has 2 amide bonds. The van der Waals surface area contributed by atoms with E-state index in [-0.39, 0.29) is 11.8 Å². The SMILES string of the molecule is CCSC1=C(c2ccccc2OC)C(=O)N(CCN2CCOCC2)C1=O. The van der Waals surface area contributed by atoms with Crippen molar-refractivity contribution in [2.45, 2.75) is 6.92 Å². The Kier molecular flexibility index (Phi) is 6.34. The normalized spacial score (nSPS) is 18.8. The first kappa shape index (κ1) is 18.9. The lowest BCUT2D eigenvalue weighted by molar-refractivity contribution is -0.136. The lowest BCUT2D eigenvalue weighted by Crippen LogP contribution is -2.43. The number of amides is 2. The smallest absolute Gasteiger partial charge is 0.268 e. The maximum Gasteiger partial charge on any atom is 0.268 e. The van der Waals surface area contributed by atoms with Gasteiger partial charge in [0.1, 0.15) is 5.75 Å². The first-order valence-electron chi connectivity index (χ1n) is 8.84. The van der Waals surface area contributed by atoms with Crippen molar-refractivity contribution < 1.29 is 19.1 Å². The number of rotatable bonds is 7. The quantitative estimate of drug-likeness (QED) is 0.677. The Balaban J connectivity index is 1.84. The van der Waals surface area contributed by atoms with Crippen molar-refractivity contribution in [1.82, 2.24) is 9.80 Å². The topological polar surface area (TPSA) is 59.1 Å². The molecule has 140 valence electrons. The fraction of sp³-hybridized carbons (Fsp3) is 0.474. The predicted octanol–water partition coefficient (Wildman–Crippen LogP) is 1.86. The van der Waals surface area contributed by atoms with Crippen molar-refractivity contribution in [3.63, 3.8) is 0 Å². The zero-order valence-electron chi connectivity index (χ0n) is 15.2. The van der Waals surface area contributed by atoms with Gasteiger partial charge < -0.3 is 9.47 Å². The van der Waals surface area contributed by atoms with Gasteiger partial charge in [-0.25, -0.2) is 0 Å². The van der Waals surface area contributed by atoms with Crippen LogP contribution in [0.2, 0.25) is 0 Å². The Hall–Kier alpha value is -1.83. The highest BCUT2D eigenvalue weighted by Gasteiger charge is 2.39. The van der Waals surface area contributed by atoms with E-state index in [9.17, 15) is 9.59 Å². The number of carbonyl (C=O) groups is 2. The molecule has 1 fully saturated rings. The molecule has 0 aromatic heterocycles. The Morgan fingerprint density at radius 3 is 2.54 bits per heavy atom. The van der Waals surface area contributed by atoms with Crippen molar-refractivity contribution in [2.75, 3.05) is 52.3 Å². The van der Waals surface area contributed by atoms with E-state index >= 15 is 0 Å². The molecule has 7 heteroatoms. The van der Waals surface area contributed by atoms with Crippen molar-refractivity contribution in [3.8, 4) is 5.75 Å². The van der Waals surface area contributed by atoms with E-state index in [2.05, 4.69) is 4.90 Å². The number of morpholine rings is 1. The Morgan fingerprint density at radius 1 is 1.12 bits per heavy atom. The fourth-order valence-electron chi connectivity index (χ4n) is 3.19. The number of hydrogen-bond donors (Lipinski definition) is 0. The second kappa shape index (κ2) is 8.70. The number of carbonyl (C=O) groups excluding carboxylic acids is 2. The maximum atomic E-state index is 13.1. The third-order valence-electron chi connectivity index (χ3n) is 4.53. The van der Waals surface area contributed by atoms with Crippen LogP contribution in [0.5, 0.6) is 5.75 Å². The first-order chi connectivity index (χ1) is 12.7. The number of para-hydroxylation sites is 1. The minimum Gasteiger partial charge on any atom is -0.496 e. The molecule has 2 heterocycles. The summed E-state index contributed by atoms with van der Waals surface area (Å²) in [5, 5.41) is 0. The van der Waals surface area contributed by atoms with E-state index in [1.54, 1.807) is 7.11 Å². The van der Waals surface area contributed by atoms with Crippen LogP contribution in [0.4, 0.5) is 0 Å². The van der Waals surface area contributed by atoms with Crippen molar-refractivity contribution in [3.05, 3.63) is 34.7 Å². The van der Waals surface area contributed by atoms with Gasteiger partial charge in [0.15, 0.2) is 0 Å². The molecule has 0 atom stereocenters. The van der Waals surface area contributed by atoms with Gasteiger partial charge >= 0.3 is 0 Å². The van der Waals surface area contributed by atoms with Crippen LogP contribution in [0.25, 0.3) is 5.57 Å². The molecule has 0 spiro atoms. The highest BCUT2D eigenvalue weighted by molar-refractivity contribution is 8.04. The monoisotopic (exact) mass is 376 g/mol. The summed E-state index contributed by atoms with van der Waals surface area (Å²) in [6.45, 7) is 6.10. The zero-order valence-corrected chi connectivity index (χ0v) is 16.0. The molecule has 1 saturated heterocycles. The van der Waals surface area contributed by atoms with E-state index in [1.807, 2.05) is 31.2 Å². The largest absolute Gasteiger partial charge is 0.496 e. The molecule has 2 aliphatic heterocycles. The first-order valence-corrected chi connectivity index (χ1v) is 9.82. The second-order valence-corrected chi connectivity index (χ2v) is 7.33. The van der Waals surface area contributed by atoms with Gasteiger partial charge in [-0.05, 0) is 11.8 Å². The molecule has 0 saturated carbocycles. The molecular weight excluding hydrogens is 352 g/mol. The summed E-state index contributed by atoms with van der Waals surface area (Å²) in [4.78, 5) is 30.1. The van der Waals surface area contributed by atoms with Crippen LogP contribution in [-0.4, -0.2) is 73.9 Å². The van der Waals surface area contributed by atoms with Crippen LogP contribution in [0.15, 0.2) is 29.2 Å². The summed E-state index contributed by atoms with van der Waals surface area (Å²) in [5.41, 5.74) is 1.14. The summed E-state index contributed by atoms with van der Waals surface area (Å²) < 4.78 is 10.8. The van der Waals surface area contributed by atoms with Crippen LogP contribution < -0.4 is 4.74 Å². The molecule has 0 radical (unpaired) electrons. The van der Waals surface area contributed by atoms with E-state index in [1.165, 1.54) is 16.7 Å². The van der Waals surface area contributed by atoms with Gasteiger partial charge in [-0.15, -0.1) is 11.8 Å². The van der Waals surface area contributed by atoms with E-state index in [0.29, 0.717) is 48.1 Å². The minimum absolute atomic E-state index is 0.198. The summed E-state index contributed by atoms with van der Waals surface area (Å²) in [7, 11) is 1.57. The molecule has 0 unspecified atom stereocenters. The molecule has 26 heavy (non-hydrogen) atoms. The summed E-state index contributed by atoms with van der Waals surface area (Å²) in [5.74, 6) is 0.900.